The fraction of sp³-hybridized carbons (Fsp3) is 0.467. The van der Waals surface area contributed by atoms with Gasteiger partial charge in [-0.3, -0.25) is 14.5 Å². The molecule has 1 aliphatic heterocycles. The highest BCUT2D eigenvalue weighted by atomic mass is 16.2. The van der Waals surface area contributed by atoms with Crippen LogP contribution in [0.1, 0.15) is 60.7 Å². The molecule has 2 amide bonds. The maximum absolute atomic E-state index is 11.8. The Morgan fingerprint density at radius 1 is 0.944 bits per heavy atom. The van der Waals surface area contributed by atoms with Crippen molar-refractivity contribution in [3.05, 3.63) is 35.4 Å². The van der Waals surface area contributed by atoms with Gasteiger partial charge in [0.05, 0.1) is 11.1 Å². The average molecular weight is 247 g/mol. The Hall–Kier alpha value is -1.64. The zero-order valence-corrected chi connectivity index (χ0v) is 11.4. The average Bonchev–Trinajstić information content (AvgIpc) is 2.62. The number of amides is 2. The molecule has 1 heterocycles. The molecule has 0 saturated heterocycles. The Labute approximate surface area is 109 Å². The van der Waals surface area contributed by atoms with Crippen LogP contribution in [-0.2, 0) is 0 Å². The highest BCUT2D eigenvalue weighted by Gasteiger charge is 2.34. The summed E-state index contributed by atoms with van der Waals surface area (Å²) in [4.78, 5) is 25.0. The summed E-state index contributed by atoms with van der Waals surface area (Å²) in [6.45, 7) is 6.82. The molecule has 1 aromatic rings. The van der Waals surface area contributed by atoms with E-state index in [0.717, 1.165) is 12.8 Å². The molecule has 3 nitrogen and oxygen atoms in total. The molecule has 3 heteroatoms. The van der Waals surface area contributed by atoms with E-state index in [-0.39, 0.29) is 11.8 Å². The lowest BCUT2D eigenvalue weighted by molar-refractivity contribution is 0.0652. The molecule has 0 aliphatic carbocycles. The zero-order valence-electron chi connectivity index (χ0n) is 11.4. The van der Waals surface area contributed by atoms with Crippen molar-refractivity contribution in [1.82, 2.24) is 4.90 Å². The molecule has 1 aliphatic rings. The topological polar surface area (TPSA) is 37.4 Å². The maximum atomic E-state index is 11.8. The molecule has 0 atom stereocenters. The summed E-state index contributed by atoms with van der Waals surface area (Å²) >= 11 is 0. The third kappa shape index (κ3) is 2.97. The van der Waals surface area contributed by atoms with Gasteiger partial charge in [0.25, 0.3) is 11.8 Å². The first-order valence-corrected chi connectivity index (χ1v) is 6.62. The molecule has 2 rings (SSSR count). The fourth-order valence-corrected chi connectivity index (χ4v) is 1.76. The van der Waals surface area contributed by atoms with Crippen LogP contribution < -0.4 is 0 Å². The maximum Gasteiger partial charge on any atom is 0.261 e. The van der Waals surface area contributed by atoms with Crippen LogP contribution in [0.5, 0.6) is 0 Å². The second-order valence-electron chi connectivity index (χ2n) is 4.37. The number of hydrogen-bond donors (Lipinski definition) is 0. The smallest absolute Gasteiger partial charge is 0.261 e. The van der Waals surface area contributed by atoms with Crippen molar-refractivity contribution in [3.63, 3.8) is 0 Å². The summed E-state index contributed by atoms with van der Waals surface area (Å²) in [5.41, 5.74) is 1.08. The second-order valence-corrected chi connectivity index (χ2v) is 4.37. The van der Waals surface area contributed by atoms with Crippen LogP contribution in [0.3, 0.4) is 0 Å². The van der Waals surface area contributed by atoms with E-state index in [1.807, 2.05) is 6.92 Å². The van der Waals surface area contributed by atoms with E-state index in [2.05, 4.69) is 13.8 Å². The summed E-state index contributed by atoms with van der Waals surface area (Å²) in [5.74, 6) is -0.298. The number of hydrogen-bond acceptors (Lipinski definition) is 2. The van der Waals surface area contributed by atoms with E-state index >= 15 is 0 Å². The van der Waals surface area contributed by atoms with Gasteiger partial charge >= 0.3 is 0 Å². The molecule has 18 heavy (non-hydrogen) atoms. The predicted molar refractivity (Wildman–Crippen MR) is 72.7 cm³/mol. The number of benzene rings is 1. The van der Waals surface area contributed by atoms with Crippen LogP contribution in [0.4, 0.5) is 0 Å². The molecular weight excluding hydrogens is 226 g/mol. The lowest BCUT2D eigenvalue weighted by Gasteiger charge is -2.12. The van der Waals surface area contributed by atoms with Crippen LogP contribution >= 0.6 is 0 Å². The third-order valence-corrected chi connectivity index (χ3v) is 2.61. The normalized spacial score (nSPS) is 13.2. The monoisotopic (exact) mass is 247 g/mol. The summed E-state index contributed by atoms with van der Waals surface area (Å²) in [6.07, 6.45) is 3.10. The van der Waals surface area contributed by atoms with Gasteiger partial charge < -0.3 is 0 Å². The van der Waals surface area contributed by atoms with Gasteiger partial charge in [-0.2, -0.15) is 0 Å². The molecular formula is C15H21NO2. The number of imide groups is 1. The van der Waals surface area contributed by atoms with Crippen LogP contribution in [0.25, 0.3) is 0 Å². The number of nitrogens with zero attached hydrogens (tertiary/aromatic N) is 1. The Kier molecular flexibility index (Phi) is 5.56. The number of carbonyl (C=O) groups excluding carboxylic acids is 2. The van der Waals surface area contributed by atoms with Crippen molar-refractivity contribution in [3.8, 4) is 0 Å². The Morgan fingerprint density at radius 2 is 1.39 bits per heavy atom. The highest BCUT2D eigenvalue weighted by Crippen LogP contribution is 2.22. The van der Waals surface area contributed by atoms with Crippen molar-refractivity contribution >= 4 is 11.8 Å². The molecule has 0 spiro atoms. The number of fused-ring (bicyclic) bond motifs is 1. The van der Waals surface area contributed by atoms with E-state index in [0.29, 0.717) is 17.7 Å². The van der Waals surface area contributed by atoms with Crippen molar-refractivity contribution in [2.24, 2.45) is 0 Å². The van der Waals surface area contributed by atoms with Crippen LogP contribution in [0.2, 0.25) is 0 Å². The Bertz CT molecular complexity index is 391. The molecule has 1 aromatic carbocycles. The van der Waals surface area contributed by atoms with Crippen molar-refractivity contribution in [1.29, 1.82) is 0 Å². The van der Waals surface area contributed by atoms with Crippen LogP contribution in [0.15, 0.2) is 24.3 Å². The Morgan fingerprint density at radius 3 is 1.78 bits per heavy atom. The summed E-state index contributed by atoms with van der Waals surface area (Å²) < 4.78 is 0. The lowest BCUT2D eigenvalue weighted by atomic mass is 10.1. The summed E-state index contributed by atoms with van der Waals surface area (Å²) in [6, 6.07) is 6.99. The van der Waals surface area contributed by atoms with Crippen LogP contribution in [-0.4, -0.2) is 23.3 Å². The zero-order chi connectivity index (χ0) is 13.5. The van der Waals surface area contributed by atoms with Gasteiger partial charge in [-0.25, -0.2) is 0 Å². The van der Waals surface area contributed by atoms with Crippen molar-refractivity contribution in [2.45, 2.75) is 40.0 Å². The van der Waals surface area contributed by atoms with E-state index in [9.17, 15) is 9.59 Å². The van der Waals surface area contributed by atoms with Gasteiger partial charge in [-0.1, -0.05) is 45.7 Å². The molecule has 0 N–H and O–H groups in total. The number of rotatable bonds is 3. The minimum absolute atomic E-state index is 0.149. The summed E-state index contributed by atoms with van der Waals surface area (Å²) in [7, 11) is 0. The fourth-order valence-electron chi connectivity index (χ4n) is 1.76. The Balaban J connectivity index is 0.000000492. The quantitative estimate of drug-likeness (QED) is 0.767. The minimum Gasteiger partial charge on any atom is -0.274 e. The standard InChI is InChI=1S/C12H13NO2.C3H8/c1-2-3-8-13-11(14)9-6-4-5-7-10(9)12(13)15;1-3-2/h4-7H,2-3,8H2,1H3;3H2,1-2H3. The van der Waals surface area contributed by atoms with Crippen molar-refractivity contribution in [2.75, 3.05) is 6.54 Å². The molecule has 0 aromatic heterocycles. The summed E-state index contributed by atoms with van der Waals surface area (Å²) in [5, 5.41) is 0. The lowest BCUT2D eigenvalue weighted by Crippen LogP contribution is -2.30. The number of unbranched alkanes of at least 4 members (excludes halogenated alkanes) is 1. The van der Waals surface area contributed by atoms with Gasteiger partial charge in [-0.15, -0.1) is 0 Å². The SMILES string of the molecule is CCC.CCCCN1C(=O)c2ccccc2C1=O. The molecule has 98 valence electrons. The van der Waals surface area contributed by atoms with Gasteiger partial charge in [0.1, 0.15) is 0 Å². The highest BCUT2D eigenvalue weighted by molar-refractivity contribution is 6.21. The first-order valence-electron chi connectivity index (χ1n) is 6.62. The van der Waals surface area contributed by atoms with E-state index in [1.54, 1.807) is 24.3 Å². The number of carbonyl (C=O) groups is 2. The van der Waals surface area contributed by atoms with Gasteiger partial charge in [0.15, 0.2) is 0 Å². The van der Waals surface area contributed by atoms with E-state index in [4.69, 9.17) is 0 Å². The molecule has 0 bridgehead atoms. The van der Waals surface area contributed by atoms with Crippen LogP contribution in [0, 0.1) is 0 Å². The van der Waals surface area contributed by atoms with E-state index < -0.39 is 0 Å². The van der Waals surface area contributed by atoms with Gasteiger partial charge in [-0.05, 0) is 18.6 Å². The van der Waals surface area contributed by atoms with Gasteiger partial charge in [0, 0.05) is 6.54 Å². The minimum atomic E-state index is -0.149. The van der Waals surface area contributed by atoms with Gasteiger partial charge in [0.2, 0.25) is 0 Å². The van der Waals surface area contributed by atoms with E-state index in [1.165, 1.54) is 11.3 Å². The second kappa shape index (κ2) is 6.94. The first kappa shape index (κ1) is 14.4. The molecule has 0 saturated carbocycles. The molecule has 0 unspecified atom stereocenters. The predicted octanol–water partition coefficient (Wildman–Crippen LogP) is 3.50. The molecule has 0 fully saturated rings. The van der Waals surface area contributed by atoms with Crippen molar-refractivity contribution < 1.29 is 9.59 Å². The third-order valence-electron chi connectivity index (χ3n) is 2.61. The first-order chi connectivity index (χ1) is 8.67. The largest absolute Gasteiger partial charge is 0.274 e. The molecule has 0 radical (unpaired) electrons.